The normalized spacial score (nSPS) is 10.1. The number of nitrogens with zero attached hydrogens (tertiary/aromatic N) is 1. The van der Waals surface area contributed by atoms with Gasteiger partial charge in [0.1, 0.15) is 9.88 Å². The van der Waals surface area contributed by atoms with Gasteiger partial charge in [0.05, 0.1) is 11.2 Å². The van der Waals surface area contributed by atoms with Gasteiger partial charge in [0, 0.05) is 12.6 Å². The molecule has 5 heteroatoms. The molecular formula is C11H9ClN2OS. The van der Waals surface area contributed by atoms with Gasteiger partial charge in [-0.15, -0.1) is 11.3 Å². The Morgan fingerprint density at radius 1 is 1.44 bits per heavy atom. The minimum atomic E-state index is -0.129. The van der Waals surface area contributed by atoms with E-state index in [-0.39, 0.29) is 5.91 Å². The van der Waals surface area contributed by atoms with Gasteiger partial charge in [0.2, 0.25) is 0 Å². The number of carbonyl (C=O) groups is 1. The SMILES string of the molecule is CNC(=O)c1cnc(-c2ccccc2Cl)s1. The highest BCUT2D eigenvalue weighted by molar-refractivity contribution is 7.17. The number of nitrogens with one attached hydrogen (secondary N) is 1. The highest BCUT2D eigenvalue weighted by Gasteiger charge is 2.11. The van der Waals surface area contributed by atoms with Crippen LogP contribution in [0.2, 0.25) is 5.02 Å². The third-order valence-electron chi connectivity index (χ3n) is 2.06. The van der Waals surface area contributed by atoms with Crippen LogP contribution in [0, 0.1) is 0 Å². The minimum absolute atomic E-state index is 0.129. The molecule has 0 aliphatic heterocycles. The molecule has 0 saturated heterocycles. The Bertz CT molecular complexity index is 524. The lowest BCUT2D eigenvalue weighted by Crippen LogP contribution is -2.16. The standard InChI is InChI=1S/C11H9ClN2OS/c1-13-10(15)9-6-14-11(16-9)7-4-2-3-5-8(7)12/h2-6H,1H3,(H,13,15). The average Bonchev–Trinajstić information content (AvgIpc) is 2.78. The van der Waals surface area contributed by atoms with Gasteiger partial charge >= 0.3 is 0 Å². The van der Waals surface area contributed by atoms with E-state index < -0.39 is 0 Å². The van der Waals surface area contributed by atoms with Gasteiger partial charge in [0.15, 0.2) is 0 Å². The van der Waals surface area contributed by atoms with Crippen LogP contribution in [-0.4, -0.2) is 17.9 Å². The van der Waals surface area contributed by atoms with E-state index in [0.29, 0.717) is 9.90 Å². The summed E-state index contributed by atoms with van der Waals surface area (Å²) >= 11 is 7.37. The Balaban J connectivity index is 2.39. The predicted octanol–water partition coefficient (Wildman–Crippen LogP) is 2.82. The molecule has 1 aromatic heterocycles. The van der Waals surface area contributed by atoms with Crippen molar-refractivity contribution in [1.29, 1.82) is 0 Å². The molecule has 0 aliphatic carbocycles. The Kier molecular flexibility index (Phi) is 3.22. The number of carbonyl (C=O) groups excluding carboxylic acids is 1. The molecule has 0 radical (unpaired) electrons. The molecule has 0 atom stereocenters. The maximum Gasteiger partial charge on any atom is 0.262 e. The predicted molar refractivity (Wildman–Crippen MR) is 66.0 cm³/mol. The molecule has 1 aromatic carbocycles. The van der Waals surface area contributed by atoms with E-state index in [1.165, 1.54) is 11.3 Å². The Labute approximate surface area is 102 Å². The molecule has 16 heavy (non-hydrogen) atoms. The second kappa shape index (κ2) is 4.63. The van der Waals surface area contributed by atoms with Crippen molar-refractivity contribution >= 4 is 28.8 Å². The van der Waals surface area contributed by atoms with Crippen LogP contribution in [0.3, 0.4) is 0 Å². The van der Waals surface area contributed by atoms with Crippen LogP contribution in [0.4, 0.5) is 0 Å². The lowest BCUT2D eigenvalue weighted by atomic mass is 10.2. The Morgan fingerprint density at radius 3 is 2.88 bits per heavy atom. The first-order valence-corrected chi connectivity index (χ1v) is 5.84. The summed E-state index contributed by atoms with van der Waals surface area (Å²) in [5.74, 6) is -0.129. The zero-order valence-electron chi connectivity index (χ0n) is 8.53. The third kappa shape index (κ3) is 2.08. The molecule has 1 N–H and O–H groups in total. The maximum atomic E-state index is 11.4. The van der Waals surface area contributed by atoms with Crippen LogP contribution in [0.1, 0.15) is 9.67 Å². The van der Waals surface area contributed by atoms with Gasteiger partial charge in [-0.25, -0.2) is 4.98 Å². The van der Waals surface area contributed by atoms with Gasteiger partial charge in [0.25, 0.3) is 5.91 Å². The van der Waals surface area contributed by atoms with E-state index in [4.69, 9.17) is 11.6 Å². The highest BCUT2D eigenvalue weighted by atomic mass is 35.5. The molecule has 0 spiro atoms. The van der Waals surface area contributed by atoms with Crippen molar-refractivity contribution < 1.29 is 4.79 Å². The van der Waals surface area contributed by atoms with E-state index in [1.807, 2.05) is 18.2 Å². The van der Waals surface area contributed by atoms with Crippen molar-refractivity contribution in [2.24, 2.45) is 0 Å². The van der Waals surface area contributed by atoms with Gasteiger partial charge in [-0.1, -0.05) is 29.8 Å². The Morgan fingerprint density at radius 2 is 2.19 bits per heavy atom. The first-order chi connectivity index (χ1) is 7.72. The molecule has 0 fully saturated rings. The molecule has 0 unspecified atom stereocenters. The van der Waals surface area contributed by atoms with Crippen molar-refractivity contribution in [3.63, 3.8) is 0 Å². The van der Waals surface area contributed by atoms with Crippen molar-refractivity contribution in [1.82, 2.24) is 10.3 Å². The van der Waals surface area contributed by atoms with E-state index >= 15 is 0 Å². The molecule has 0 aliphatic rings. The average molecular weight is 253 g/mol. The van der Waals surface area contributed by atoms with Crippen molar-refractivity contribution in [3.8, 4) is 10.6 Å². The van der Waals surface area contributed by atoms with E-state index in [0.717, 1.165) is 10.6 Å². The minimum Gasteiger partial charge on any atom is -0.354 e. The molecule has 82 valence electrons. The molecule has 0 saturated carbocycles. The number of hydrogen-bond donors (Lipinski definition) is 1. The zero-order valence-corrected chi connectivity index (χ0v) is 10.1. The summed E-state index contributed by atoms with van der Waals surface area (Å²) in [4.78, 5) is 16.1. The monoisotopic (exact) mass is 252 g/mol. The van der Waals surface area contributed by atoms with Crippen molar-refractivity contribution in [2.45, 2.75) is 0 Å². The number of benzene rings is 1. The molecule has 2 rings (SSSR count). The first kappa shape index (κ1) is 11.1. The van der Waals surface area contributed by atoms with Gasteiger partial charge < -0.3 is 5.32 Å². The van der Waals surface area contributed by atoms with Gasteiger partial charge in [-0.2, -0.15) is 0 Å². The number of halogens is 1. The highest BCUT2D eigenvalue weighted by Crippen LogP contribution is 2.30. The largest absolute Gasteiger partial charge is 0.354 e. The number of amides is 1. The molecular weight excluding hydrogens is 244 g/mol. The van der Waals surface area contributed by atoms with Crippen molar-refractivity contribution in [3.05, 3.63) is 40.4 Å². The van der Waals surface area contributed by atoms with Crippen LogP contribution >= 0.6 is 22.9 Å². The Hall–Kier alpha value is -1.39. The summed E-state index contributed by atoms with van der Waals surface area (Å²) in [6.45, 7) is 0. The smallest absolute Gasteiger partial charge is 0.262 e. The number of aromatic nitrogens is 1. The van der Waals surface area contributed by atoms with Crippen LogP contribution in [0.5, 0.6) is 0 Å². The quantitative estimate of drug-likeness (QED) is 0.893. The summed E-state index contributed by atoms with van der Waals surface area (Å²) in [7, 11) is 1.59. The lowest BCUT2D eigenvalue weighted by molar-refractivity contribution is 0.0967. The van der Waals surface area contributed by atoms with E-state index in [2.05, 4.69) is 10.3 Å². The zero-order chi connectivity index (χ0) is 11.5. The lowest BCUT2D eigenvalue weighted by Gasteiger charge is -1.98. The maximum absolute atomic E-state index is 11.4. The molecule has 2 aromatic rings. The van der Waals surface area contributed by atoms with E-state index in [9.17, 15) is 4.79 Å². The molecule has 0 bridgehead atoms. The van der Waals surface area contributed by atoms with E-state index in [1.54, 1.807) is 19.3 Å². The van der Waals surface area contributed by atoms with Crippen LogP contribution in [0.15, 0.2) is 30.5 Å². The molecule has 1 amide bonds. The third-order valence-corrected chi connectivity index (χ3v) is 3.42. The van der Waals surface area contributed by atoms with Crippen LogP contribution in [0.25, 0.3) is 10.6 Å². The summed E-state index contributed by atoms with van der Waals surface area (Å²) in [6, 6.07) is 7.44. The fourth-order valence-electron chi connectivity index (χ4n) is 1.26. The fraction of sp³-hybridized carbons (Fsp3) is 0.0909. The summed E-state index contributed by atoms with van der Waals surface area (Å²) in [6.07, 6.45) is 1.56. The van der Waals surface area contributed by atoms with Crippen LogP contribution in [-0.2, 0) is 0 Å². The number of hydrogen-bond acceptors (Lipinski definition) is 3. The molecule has 1 heterocycles. The second-order valence-corrected chi connectivity index (χ2v) is 4.53. The first-order valence-electron chi connectivity index (χ1n) is 4.65. The molecule has 3 nitrogen and oxygen atoms in total. The number of thiazole rings is 1. The fourth-order valence-corrected chi connectivity index (χ4v) is 2.44. The summed E-state index contributed by atoms with van der Waals surface area (Å²) < 4.78 is 0. The van der Waals surface area contributed by atoms with Crippen molar-refractivity contribution in [2.75, 3.05) is 7.05 Å². The number of rotatable bonds is 2. The second-order valence-electron chi connectivity index (χ2n) is 3.09. The summed E-state index contributed by atoms with van der Waals surface area (Å²) in [5.41, 5.74) is 0.851. The van der Waals surface area contributed by atoms with Crippen LogP contribution < -0.4 is 5.32 Å². The summed E-state index contributed by atoms with van der Waals surface area (Å²) in [5, 5.41) is 3.95. The van der Waals surface area contributed by atoms with Gasteiger partial charge in [-0.05, 0) is 6.07 Å². The van der Waals surface area contributed by atoms with Gasteiger partial charge in [-0.3, -0.25) is 4.79 Å². The topological polar surface area (TPSA) is 42.0 Å².